The minimum absolute atomic E-state index is 0.0121. The number of aromatic nitrogens is 3. The van der Waals surface area contributed by atoms with Crippen LogP contribution in [-0.2, 0) is 4.79 Å². The van der Waals surface area contributed by atoms with Crippen molar-refractivity contribution in [2.24, 2.45) is 0 Å². The van der Waals surface area contributed by atoms with Crippen molar-refractivity contribution in [3.05, 3.63) is 81.5 Å². The fourth-order valence-electron chi connectivity index (χ4n) is 2.78. The molecule has 0 aliphatic carbocycles. The van der Waals surface area contributed by atoms with Gasteiger partial charge in [-0.15, -0.1) is 11.3 Å². The quantitative estimate of drug-likeness (QED) is 0.302. The number of carbonyl (C=O) groups is 1. The molecule has 0 radical (unpaired) electrons. The third-order valence-corrected chi connectivity index (χ3v) is 5.08. The largest absolute Gasteiger partial charge is 0.307 e. The highest BCUT2D eigenvalue weighted by Gasteiger charge is 2.12. The summed E-state index contributed by atoms with van der Waals surface area (Å²) in [6, 6.07) is 15.5. The number of hydrogen-bond donors (Lipinski definition) is 1. The summed E-state index contributed by atoms with van der Waals surface area (Å²) in [5, 5.41) is 18.7. The number of nitrogens with one attached hydrogen (secondary N) is 1. The van der Waals surface area contributed by atoms with E-state index >= 15 is 0 Å². The molecule has 4 rings (SSSR count). The Bertz CT molecular complexity index is 1210. The number of rotatable bonds is 5. The molecular formula is C20H15N5O3S. The molecule has 9 heteroatoms. The van der Waals surface area contributed by atoms with E-state index in [1.165, 1.54) is 34.2 Å². The Morgan fingerprint density at radius 1 is 1.21 bits per heavy atom. The highest BCUT2D eigenvalue weighted by Crippen LogP contribution is 2.23. The number of nitro benzene ring substituents is 1. The van der Waals surface area contributed by atoms with Crippen LogP contribution in [-0.4, -0.2) is 25.6 Å². The van der Waals surface area contributed by atoms with Crippen molar-refractivity contribution in [1.29, 1.82) is 0 Å². The van der Waals surface area contributed by atoms with E-state index in [0.717, 1.165) is 15.2 Å². The van der Waals surface area contributed by atoms with E-state index < -0.39 is 4.92 Å². The highest BCUT2D eigenvalue weighted by molar-refractivity contribution is 7.19. The lowest BCUT2D eigenvalue weighted by atomic mass is 10.3. The van der Waals surface area contributed by atoms with Crippen LogP contribution in [0.1, 0.15) is 10.7 Å². The lowest BCUT2D eigenvalue weighted by Crippen LogP contribution is -2.12. The third kappa shape index (κ3) is 4.04. The normalized spacial score (nSPS) is 11.2. The van der Waals surface area contributed by atoms with Crippen LogP contribution in [0.25, 0.3) is 22.0 Å². The molecule has 8 nitrogen and oxygen atoms in total. The lowest BCUT2D eigenvalue weighted by Gasteiger charge is -2.07. The molecule has 4 aromatic rings. The first-order valence-corrected chi connectivity index (χ1v) is 9.47. The number of benzene rings is 2. The van der Waals surface area contributed by atoms with Gasteiger partial charge in [0.1, 0.15) is 10.8 Å². The van der Waals surface area contributed by atoms with Crippen LogP contribution < -0.4 is 5.32 Å². The summed E-state index contributed by atoms with van der Waals surface area (Å²) in [6.07, 6.45) is 3.08. The van der Waals surface area contributed by atoms with Crippen molar-refractivity contribution < 1.29 is 9.72 Å². The van der Waals surface area contributed by atoms with Crippen LogP contribution in [0.2, 0.25) is 0 Å². The van der Waals surface area contributed by atoms with E-state index in [4.69, 9.17) is 0 Å². The second kappa shape index (κ2) is 7.64. The molecule has 144 valence electrons. The number of hydrogen-bond acceptors (Lipinski definition) is 6. The molecule has 0 aliphatic heterocycles. The van der Waals surface area contributed by atoms with Crippen LogP contribution >= 0.6 is 11.3 Å². The Kier molecular flexibility index (Phi) is 4.88. The lowest BCUT2D eigenvalue weighted by molar-refractivity contribution is -0.384. The molecule has 2 heterocycles. The number of thiazole rings is 1. The molecular weight excluding hydrogens is 390 g/mol. The predicted molar refractivity (Wildman–Crippen MR) is 112 cm³/mol. The molecule has 0 fully saturated rings. The summed E-state index contributed by atoms with van der Waals surface area (Å²) in [5.41, 5.74) is 2.19. The second-order valence-electron chi connectivity index (χ2n) is 6.20. The number of carbonyl (C=O) groups excluding carboxylic acids is 1. The average Bonchev–Trinajstić information content (AvgIpc) is 3.29. The topological polar surface area (TPSA) is 103 Å². The van der Waals surface area contributed by atoms with E-state index in [2.05, 4.69) is 15.4 Å². The van der Waals surface area contributed by atoms with Crippen LogP contribution in [0.15, 0.2) is 60.7 Å². The van der Waals surface area contributed by atoms with Gasteiger partial charge >= 0.3 is 0 Å². The molecule has 0 saturated heterocycles. The zero-order valence-corrected chi connectivity index (χ0v) is 16.1. The molecule has 0 saturated carbocycles. The number of amides is 1. The summed E-state index contributed by atoms with van der Waals surface area (Å²) in [5.74, 6) is 0.141. The number of aryl methyl sites for hydroxylation is 1. The van der Waals surface area contributed by atoms with Crippen LogP contribution in [0, 0.1) is 17.0 Å². The van der Waals surface area contributed by atoms with Crippen molar-refractivity contribution in [2.45, 2.75) is 6.92 Å². The fourth-order valence-corrected chi connectivity index (χ4v) is 3.65. The van der Waals surface area contributed by atoms with Gasteiger partial charge in [0.2, 0.25) is 5.91 Å². The van der Waals surface area contributed by atoms with Gasteiger partial charge in [0.15, 0.2) is 0 Å². The molecule has 2 aromatic heterocycles. The zero-order valence-electron chi connectivity index (χ0n) is 15.3. The van der Waals surface area contributed by atoms with E-state index in [1.54, 1.807) is 31.2 Å². The maximum atomic E-state index is 12.4. The van der Waals surface area contributed by atoms with Gasteiger partial charge in [0.25, 0.3) is 5.69 Å². The number of anilines is 1. The molecule has 1 N–H and O–H groups in total. The smallest absolute Gasteiger partial charge is 0.269 e. The first-order chi connectivity index (χ1) is 14.0. The number of non-ortho nitro benzene ring substituents is 1. The van der Waals surface area contributed by atoms with Crippen LogP contribution in [0.4, 0.5) is 11.5 Å². The zero-order chi connectivity index (χ0) is 20.4. The Morgan fingerprint density at radius 3 is 2.69 bits per heavy atom. The average molecular weight is 405 g/mol. The SMILES string of the molecule is Cc1cc(NC(=O)/C=C/c2nc3ccccc3s2)n(-c2ccc([N+](=O)[O-])cc2)n1. The van der Waals surface area contributed by atoms with E-state index in [1.807, 2.05) is 24.3 Å². The van der Waals surface area contributed by atoms with Gasteiger partial charge in [0.05, 0.1) is 26.5 Å². The van der Waals surface area contributed by atoms with Crippen molar-refractivity contribution >= 4 is 45.0 Å². The van der Waals surface area contributed by atoms with Crippen molar-refractivity contribution in [2.75, 3.05) is 5.32 Å². The number of nitrogens with zero attached hydrogens (tertiary/aromatic N) is 4. The van der Waals surface area contributed by atoms with E-state index in [0.29, 0.717) is 17.2 Å². The monoisotopic (exact) mass is 405 g/mol. The first kappa shape index (κ1) is 18.5. The Balaban J connectivity index is 1.53. The van der Waals surface area contributed by atoms with Gasteiger partial charge in [-0.05, 0) is 37.3 Å². The second-order valence-corrected chi connectivity index (χ2v) is 7.26. The highest BCUT2D eigenvalue weighted by atomic mass is 32.1. The third-order valence-electron chi connectivity index (χ3n) is 4.08. The molecule has 0 spiro atoms. The van der Waals surface area contributed by atoms with E-state index in [9.17, 15) is 14.9 Å². The van der Waals surface area contributed by atoms with Gasteiger partial charge in [0, 0.05) is 24.3 Å². The van der Waals surface area contributed by atoms with Crippen molar-refractivity contribution in [1.82, 2.24) is 14.8 Å². The van der Waals surface area contributed by atoms with Crippen molar-refractivity contribution in [3.63, 3.8) is 0 Å². The van der Waals surface area contributed by atoms with Crippen LogP contribution in [0.5, 0.6) is 0 Å². The summed E-state index contributed by atoms with van der Waals surface area (Å²) in [6.45, 7) is 1.80. The van der Waals surface area contributed by atoms with Crippen LogP contribution in [0.3, 0.4) is 0 Å². The van der Waals surface area contributed by atoms with Gasteiger partial charge < -0.3 is 5.32 Å². The molecule has 0 atom stereocenters. The molecule has 2 aromatic carbocycles. The summed E-state index contributed by atoms with van der Waals surface area (Å²) in [4.78, 5) is 27.2. The predicted octanol–water partition coefficient (Wildman–Crippen LogP) is 4.35. The fraction of sp³-hybridized carbons (Fsp3) is 0.0500. The number of fused-ring (bicyclic) bond motifs is 1. The Labute approximate surface area is 169 Å². The first-order valence-electron chi connectivity index (χ1n) is 8.66. The van der Waals surface area contributed by atoms with Gasteiger partial charge in [-0.25, -0.2) is 9.67 Å². The Morgan fingerprint density at radius 2 is 1.97 bits per heavy atom. The summed E-state index contributed by atoms with van der Waals surface area (Å²) in [7, 11) is 0. The summed E-state index contributed by atoms with van der Waals surface area (Å²) >= 11 is 1.50. The van der Waals surface area contributed by atoms with E-state index in [-0.39, 0.29) is 11.6 Å². The molecule has 29 heavy (non-hydrogen) atoms. The number of para-hydroxylation sites is 1. The standard InChI is InChI=1S/C20H15N5O3S/c1-13-12-18(24(23-13)14-6-8-15(9-7-14)25(27)28)22-19(26)10-11-20-21-16-4-2-3-5-17(16)29-20/h2-12H,1H3,(H,22,26)/b11-10+. The molecule has 0 aliphatic rings. The maximum Gasteiger partial charge on any atom is 0.269 e. The summed E-state index contributed by atoms with van der Waals surface area (Å²) < 4.78 is 2.59. The van der Waals surface area contributed by atoms with Gasteiger partial charge in [-0.2, -0.15) is 5.10 Å². The minimum atomic E-state index is -0.465. The molecule has 0 unspecified atom stereocenters. The molecule has 0 bridgehead atoms. The number of nitro groups is 1. The Hall–Kier alpha value is -3.85. The van der Waals surface area contributed by atoms with Gasteiger partial charge in [-0.3, -0.25) is 14.9 Å². The van der Waals surface area contributed by atoms with Gasteiger partial charge in [-0.1, -0.05) is 12.1 Å². The minimum Gasteiger partial charge on any atom is -0.307 e. The van der Waals surface area contributed by atoms with Crippen molar-refractivity contribution in [3.8, 4) is 5.69 Å². The molecule has 1 amide bonds. The maximum absolute atomic E-state index is 12.4.